The van der Waals surface area contributed by atoms with Crippen LogP contribution >= 0.6 is 0 Å². The fourth-order valence-corrected chi connectivity index (χ4v) is 9.48. The highest BCUT2D eigenvalue weighted by molar-refractivity contribution is 5.91. The lowest BCUT2D eigenvalue weighted by molar-refractivity contribution is 0.606. The fourth-order valence-electron chi connectivity index (χ4n) is 9.48. The van der Waals surface area contributed by atoms with Gasteiger partial charge in [-0.05, 0) is 116 Å². The van der Waals surface area contributed by atoms with E-state index in [1.54, 1.807) is 5.57 Å². The number of benzene rings is 5. The van der Waals surface area contributed by atoms with Gasteiger partial charge >= 0.3 is 0 Å². The molecular formula is C54H49N. The SMILES string of the molecule is C=CC1=C(C)C(C)(C)c2cc(C3=CN/C(=C(/c4ccc(-c5ccccc5)cc4)c4ccccc4Cc4ccc5c(c4)C(C)(C)C4=C5C=CCC4)C=C3)ccc21. The Balaban J connectivity index is 1.10. The Labute approximate surface area is 327 Å². The third kappa shape index (κ3) is 5.85. The van der Waals surface area contributed by atoms with Gasteiger partial charge in [0.25, 0.3) is 0 Å². The van der Waals surface area contributed by atoms with Gasteiger partial charge in [-0.15, -0.1) is 0 Å². The van der Waals surface area contributed by atoms with Gasteiger partial charge < -0.3 is 5.32 Å². The molecule has 0 spiro atoms. The first-order valence-corrected chi connectivity index (χ1v) is 19.8. The van der Waals surface area contributed by atoms with E-state index in [1.807, 2.05) is 6.08 Å². The van der Waals surface area contributed by atoms with Crippen molar-refractivity contribution in [3.05, 3.63) is 225 Å². The summed E-state index contributed by atoms with van der Waals surface area (Å²) >= 11 is 0. The third-order valence-corrected chi connectivity index (χ3v) is 12.9. The van der Waals surface area contributed by atoms with Gasteiger partial charge in [0.2, 0.25) is 0 Å². The molecule has 0 amide bonds. The quantitative estimate of drug-likeness (QED) is 0.177. The van der Waals surface area contributed by atoms with Crippen LogP contribution in [0.1, 0.15) is 97.5 Å². The lowest BCUT2D eigenvalue weighted by Gasteiger charge is -2.26. The van der Waals surface area contributed by atoms with E-state index in [-0.39, 0.29) is 10.8 Å². The molecule has 1 N–H and O–H groups in total. The molecule has 1 heterocycles. The van der Waals surface area contributed by atoms with E-state index in [0.717, 1.165) is 25.0 Å². The summed E-state index contributed by atoms with van der Waals surface area (Å²) in [4.78, 5) is 0. The molecule has 5 aromatic carbocycles. The minimum absolute atomic E-state index is 0.0311. The molecule has 55 heavy (non-hydrogen) atoms. The van der Waals surface area contributed by atoms with Crippen LogP contribution < -0.4 is 5.32 Å². The number of hydrogen-bond acceptors (Lipinski definition) is 1. The highest BCUT2D eigenvalue weighted by atomic mass is 14.9. The van der Waals surface area contributed by atoms with Gasteiger partial charge in [0, 0.05) is 28.3 Å². The minimum Gasteiger partial charge on any atom is -0.361 e. The zero-order valence-electron chi connectivity index (χ0n) is 32.8. The van der Waals surface area contributed by atoms with Crippen molar-refractivity contribution in [1.82, 2.24) is 5.32 Å². The number of rotatable bonds is 7. The van der Waals surface area contributed by atoms with Gasteiger partial charge in [-0.2, -0.15) is 0 Å². The van der Waals surface area contributed by atoms with Gasteiger partial charge in [-0.25, -0.2) is 0 Å². The molecule has 3 aliphatic carbocycles. The molecule has 0 bridgehead atoms. The molecule has 0 aromatic heterocycles. The summed E-state index contributed by atoms with van der Waals surface area (Å²) < 4.78 is 0. The minimum atomic E-state index is -0.0311. The van der Waals surface area contributed by atoms with Crippen LogP contribution in [-0.4, -0.2) is 0 Å². The standard InChI is InChI=1S/C54H49N/c1-7-43-35(2)53(3,4)50-33-40(26-29-46(43)50)42-27-30-51(55-34-42)52(39-24-22-38(23-25-39)37-15-9-8-10-16-37)44-18-12-11-17-41(44)31-36-21-28-47-45-19-13-14-20-48(45)54(5,6)49(47)32-36/h7-13,15-19,21-30,32-34,55H,1,14,20,31H2,2-6H3/b52-51-. The van der Waals surface area contributed by atoms with E-state index in [0.29, 0.717) is 0 Å². The van der Waals surface area contributed by atoms with Gasteiger partial charge in [-0.1, -0.05) is 179 Å². The zero-order valence-corrected chi connectivity index (χ0v) is 32.8. The van der Waals surface area contributed by atoms with E-state index < -0.39 is 0 Å². The molecule has 0 atom stereocenters. The first kappa shape index (κ1) is 34.8. The van der Waals surface area contributed by atoms with Crippen molar-refractivity contribution >= 4 is 22.3 Å². The Morgan fingerprint density at radius 1 is 0.709 bits per heavy atom. The van der Waals surface area contributed by atoms with Gasteiger partial charge in [0.1, 0.15) is 0 Å². The molecule has 270 valence electrons. The second kappa shape index (κ2) is 13.4. The van der Waals surface area contributed by atoms with Crippen LogP contribution in [0.25, 0.3) is 33.4 Å². The maximum atomic E-state index is 4.13. The number of allylic oxidation sites excluding steroid dienone is 10. The zero-order chi connectivity index (χ0) is 37.9. The average molecular weight is 712 g/mol. The fraction of sp³-hybridized carbons (Fsp3) is 0.185. The lowest BCUT2D eigenvalue weighted by atomic mass is 9.78. The third-order valence-electron chi connectivity index (χ3n) is 12.9. The van der Waals surface area contributed by atoms with Crippen molar-refractivity contribution in [2.45, 2.75) is 64.7 Å². The Morgan fingerprint density at radius 3 is 2.18 bits per heavy atom. The van der Waals surface area contributed by atoms with Crippen LogP contribution in [-0.2, 0) is 17.3 Å². The molecular weight excluding hydrogens is 663 g/mol. The second-order valence-corrected chi connectivity index (χ2v) is 16.6. The predicted molar refractivity (Wildman–Crippen MR) is 234 cm³/mol. The van der Waals surface area contributed by atoms with Crippen molar-refractivity contribution in [1.29, 1.82) is 0 Å². The van der Waals surface area contributed by atoms with Crippen LogP contribution in [0.4, 0.5) is 0 Å². The van der Waals surface area contributed by atoms with Crippen LogP contribution in [0.5, 0.6) is 0 Å². The summed E-state index contributed by atoms with van der Waals surface area (Å²) in [7, 11) is 0. The molecule has 1 heteroatoms. The van der Waals surface area contributed by atoms with Crippen LogP contribution in [0.15, 0.2) is 175 Å². The van der Waals surface area contributed by atoms with Crippen LogP contribution in [0, 0.1) is 0 Å². The Hall–Kier alpha value is -5.92. The monoisotopic (exact) mass is 711 g/mol. The molecule has 0 radical (unpaired) electrons. The topological polar surface area (TPSA) is 12.0 Å². The smallest absolute Gasteiger partial charge is 0.0466 e. The summed E-state index contributed by atoms with van der Waals surface area (Å²) in [5, 5.41) is 3.78. The van der Waals surface area contributed by atoms with E-state index >= 15 is 0 Å². The van der Waals surface area contributed by atoms with Gasteiger partial charge in [-0.3, -0.25) is 0 Å². The summed E-state index contributed by atoms with van der Waals surface area (Å²) in [6, 6.07) is 42.8. The number of nitrogens with one attached hydrogen (secondary N) is 1. The summed E-state index contributed by atoms with van der Waals surface area (Å²) in [5.41, 5.74) is 23.5. The first-order chi connectivity index (χ1) is 26.6. The molecule has 0 saturated carbocycles. The molecule has 0 saturated heterocycles. The molecule has 9 rings (SSSR count). The van der Waals surface area contributed by atoms with E-state index in [2.05, 4.69) is 192 Å². The van der Waals surface area contributed by atoms with Gasteiger partial charge in [0.05, 0.1) is 0 Å². The summed E-state index contributed by atoms with van der Waals surface area (Å²) in [6.07, 6.45) is 16.6. The summed E-state index contributed by atoms with van der Waals surface area (Å²) in [6.45, 7) is 15.8. The molecule has 0 unspecified atom stereocenters. The number of fused-ring (bicyclic) bond motifs is 3. The van der Waals surface area contributed by atoms with Crippen molar-refractivity contribution in [3.8, 4) is 11.1 Å². The Kier molecular flexibility index (Phi) is 8.50. The van der Waals surface area contributed by atoms with E-state index in [9.17, 15) is 0 Å². The molecule has 1 aliphatic heterocycles. The predicted octanol–water partition coefficient (Wildman–Crippen LogP) is 13.5. The highest BCUT2D eigenvalue weighted by Gasteiger charge is 2.37. The van der Waals surface area contributed by atoms with Crippen molar-refractivity contribution in [3.63, 3.8) is 0 Å². The van der Waals surface area contributed by atoms with Crippen molar-refractivity contribution in [2.24, 2.45) is 0 Å². The lowest BCUT2D eigenvalue weighted by Crippen LogP contribution is -2.18. The van der Waals surface area contributed by atoms with Crippen molar-refractivity contribution < 1.29 is 0 Å². The molecule has 0 fully saturated rings. The maximum absolute atomic E-state index is 4.13. The maximum Gasteiger partial charge on any atom is 0.0466 e. The van der Waals surface area contributed by atoms with Crippen LogP contribution in [0.3, 0.4) is 0 Å². The molecule has 4 aliphatic rings. The van der Waals surface area contributed by atoms with E-state index in [4.69, 9.17) is 0 Å². The molecule has 5 aromatic rings. The Bertz CT molecular complexity index is 2570. The first-order valence-electron chi connectivity index (χ1n) is 19.8. The average Bonchev–Trinajstić information content (AvgIpc) is 3.56. The number of dihydropyridines is 1. The normalized spacial score (nSPS) is 18.4. The van der Waals surface area contributed by atoms with Gasteiger partial charge in [0.15, 0.2) is 0 Å². The Morgan fingerprint density at radius 2 is 1.42 bits per heavy atom. The summed E-state index contributed by atoms with van der Waals surface area (Å²) in [5.74, 6) is 0. The van der Waals surface area contributed by atoms with E-state index in [1.165, 1.54) is 89.1 Å². The number of hydrogen-bond donors (Lipinski definition) is 1. The highest BCUT2D eigenvalue weighted by Crippen LogP contribution is 2.51. The molecule has 1 nitrogen and oxygen atoms in total. The van der Waals surface area contributed by atoms with Crippen LogP contribution in [0.2, 0.25) is 0 Å². The second-order valence-electron chi connectivity index (χ2n) is 16.6. The largest absolute Gasteiger partial charge is 0.361 e. The van der Waals surface area contributed by atoms with Crippen molar-refractivity contribution in [2.75, 3.05) is 0 Å².